The summed E-state index contributed by atoms with van der Waals surface area (Å²) in [5, 5.41) is 4.69. The van der Waals surface area contributed by atoms with Crippen LogP contribution >= 0.6 is 0 Å². The lowest BCUT2D eigenvalue weighted by Crippen LogP contribution is -2.22. The molecular weight excluding hydrogens is 679 g/mol. The third-order valence-electron chi connectivity index (χ3n) is 12.0. The minimum atomic E-state index is -0.384. The zero-order chi connectivity index (χ0) is 37.2. The summed E-state index contributed by atoms with van der Waals surface area (Å²) in [4.78, 5) is 2.38. The fraction of sp³-hybridized carbons (Fsp3) is 0.0370. The van der Waals surface area contributed by atoms with Crippen LogP contribution in [-0.2, 0) is 5.41 Å². The molecule has 0 radical (unpaired) electrons. The van der Waals surface area contributed by atoms with E-state index in [1.54, 1.807) is 0 Å². The highest BCUT2D eigenvalue weighted by Crippen LogP contribution is 2.55. The molecule has 2 nitrogen and oxygen atoms in total. The molecule has 0 fully saturated rings. The third kappa shape index (κ3) is 4.89. The summed E-state index contributed by atoms with van der Waals surface area (Å²) in [6.45, 7) is 2.36. The molecule has 56 heavy (non-hydrogen) atoms. The van der Waals surface area contributed by atoms with E-state index in [9.17, 15) is 0 Å². The quantitative estimate of drug-likeness (QED) is 0.170. The van der Waals surface area contributed by atoms with Crippen molar-refractivity contribution in [2.75, 3.05) is 4.90 Å². The summed E-state index contributed by atoms with van der Waals surface area (Å²) in [6, 6.07) is 74.5. The molecule has 10 aromatic rings. The molecular formula is C54H37NO. The van der Waals surface area contributed by atoms with Gasteiger partial charge in [0.15, 0.2) is 0 Å². The number of rotatable bonds is 6. The van der Waals surface area contributed by atoms with Crippen molar-refractivity contribution in [1.82, 2.24) is 0 Å². The van der Waals surface area contributed by atoms with Crippen LogP contribution in [0, 0.1) is 0 Å². The van der Waals surface area contributed by atoms with Crippen molar-refractivity contribution < 1.29 is 4.42 Å². The van der Waals surface area contributed by atoms with Crippen molar-refractivity contribution in [3.8, 4) is 33.4 Å². The first-order chi connectivity index (χ1) is 27.7. The molecule has 1 aliphatic rings. The first-order valence-corrected chi connectivity index (χ1v) is 19.3. The molecule has 0 amide bonds. The molecule has 1 aromatic heterocycles. The Balaban J connectivity index is 1.11. The number of hydrogen-bond acceptors (Lipinski definition) is 2. The fourth-order valence-corrected chi connectivity index (χ4v) is 9.28. The zero-order valence-electron chi connectivity index (χ0n) is 31.0. The molecule has 1 heterocycles. The van der Waals surface area contributed by atoms with Crippen molar-refractivity contribution in [1.29, 1.82) is 0 Å². The van der Waals surface area contributed by atoms with Crippen LogP contribution in [0.2, 0.25) is 0 Å². The van der Waals surface area contributed by atoms with E-state index in [0.29, 0.717) is 0 Å². The standard InChI is InChI=1S/C54H37NO/c1-54(47-23-9-7-19-44(47)45-20-8-10-24-48(45)54)49-25-12-22-46-52-50(26-13-27-51(52)56-53(46)49)55(40-32-28-37(29-33-40)36-14-3-2-4-15-36)41-34-30-39(31-35-41)43-21-11-17-38-16-5-6-18-42(38)43/h2-35H,1H3. The van der Waals surface area contributed by atoms with Crippen LogP contribution in [0.25, 0.3) is 66.1 Å². The number of furan rings is 1. The van der Waals surface area contributed by atoms with Gasteiger partial charge in [-0.3, -0.25) is 0 Å². The topological polar surface area (TPSA) is 16.4 Å². The van der Waals surface area contributed by atoms with Crippen LogP contribution in [-0.4, -0.2) is 0 Å². The Morgan fingerprint density at radius 3 is 1.64 bits per heavy atom. The zero-order valence-corrected chi connectivity index (χ0v) is 31.0. The number of nitrogens with zero attached hydrogens (tertiary/aromatic N) is 1. The SMILES string of the molecule is CC1(c2cccc3c2oc2cccc(N(c4ccc(-c5ccccc5)cc4)c4ccc(-c5cccc6ccccc56)cc4)c23)c2ccccc2-c2ccccc21. The lowest BCUT2D eigenvalue weighted by atomic mass is 9.74. The lowest BCUT2D eigenvalue weighted by Gasteiger charge is -2.28. The first-order valence-electron chi connectivity index (χ1n) is 19.3. The second-order valence-electron chi connectivity index (χ2n) is 15.0. The molecule has 0 bridgehead atoms. The Morgan fingerprint density at radius 1 is 0.393 bits per heavy atom. The van der Waals surface area contributed by atoms with E-state index in [2.05, 4.69) is 218 Å². The number of benzene rings is 9. The molecule has 0 atom stereocenters. The van der Waals surface area contributed by atoms with Crippen LogP contribution in [0.15, 0.2) is 211 Å². The molecule has 0 aliphatic heterocycles. The predicted octanol–water partition coefficient (Wildman–Crippen LogP) is 14.9. The Kier molecular flexibility index (Phi) is 7.33. The van der Waals surface area contributed by atoms with E-state index in [1.165, 1.54) is 60.8 Å². The largest absolute Gasteiger partial charge is 0.456 e. The monoisotopic (exact) mass is 715 g/mol. The third-order valence-corrected chi connectivity index (χ3v) is 12.0. The summed E-state index contributed by atoms with van der Waals surface area (Å²) in [5.41, 5.74) is 15.8. The van der Waals surface area contributed by atoms with Gasteiger partial charge >= 0.3 is 0 Å². The Hall–Kier alpha value is -7.16. The van der Waals surface area contributed by atoms with Gasteiger partial charge in [-0.15, -0.1) is 0 Å². The smallest absolute Gasteiger partial charge is 0.139 e. The van der Waals surface area contributed by atoms with Crippen LogP contribution in [0.1, 0.15) is 23.6 Å². The Labute approximate surface area is 326 Å². The van der Waals surface area contributed by atoms with Crippen LogP contribution in [0.5, 0.6) is 0 Å². The minimum Gasteiger partial charge on any atom is -0.456 e. The molecule has 0 saturated heterocycles. The van der Waals surface area contributed by atoms with Crippen molar-refractivity contribution in [2.24, 2.45) is 0 Å². The molecule has 11 rings (SSSR count). The van der Waals surface area contributed by atoms with Gasteiger partial charge in [0.05, 0.1) is 11.1 Å². The maximum atomic E-state index is 7.02. The van der Waals surface area contributed by atoms with Gasteiger partial charge in [0.1, 0.15) is 11.2 Å². The van der Waals surface area contributed by atoms with Gasteiger partial charge in [-0.2, -0.15) is 0 Å². The molecule has 264 valence electrons. The molecule has 1 aliphatic carbocycles. The minimum absolute atomic E-state index is 0.384. The van der Waals surface area contributed by atoms with E-state index in [0.717, 1.165) is 39.0 Å². The number of fused-ring (bicyclic) bond motifs is 7. The second kappa shape index (κ2) is 12.7. The van der Waals surface area contributed by atoms with Crippen molar-refractivity contribution in [3.05, 3.63) is 223 Å². The second-order valence-corrected chi connectivity index (χ2v) is 15.0. The van der Waals surface area contributed by atoms with Gasteiger partial charge in [0, 0.05) is 27.7 Å². The first kappa shape index (κ1) is 32.3. The normalized spacial score (nSPS) is 12.9. The average Bonchev–Trinajstić information content (AvgIpc) is 3.78. The van der Waals surface area contributed by atoms with Crippen LogP contribution in [0.3, 0.4) is 0 Å². The number of para-hydroxylation sites is 1. The summed E-state index contributed by atoms with van der Waals surface area (Å²) in [5.74, 6) is 0. The summed E-state index contributed by atoms with van der Waals surface area (Å²) in [6.07, 6.45) is 0. The number of anilines is 3. The van der Waals surface area contributed by atoms with Crippen LogP contribution in [0.4, 0.5) is 17.1 Å². The van der Waals surface area contributed by atoms with E-state index < -0.39 is 0 Å². The number of hydrogen-bond donors (Lipinski definition) is 0. The average molecular weight is 716 g/mol. The fourth-order valence-electron chi connectivity index (χ4n) is 9.28. The molecule has 2 heteroatoms. The molecule has 9 aromatic carbocycles. The van der Waals surface area contributed by atoms with E-state index in [-0.39, 0.29) is 5.41 Å². The molecule has 0 unspecified atom stereocenters. The molecule has 0 N–H and O–H groups in total. The van der Waals surface area contributed by atoms with Gasteiger partial charge in [-0.25, -0.2) is 0 Å². The lowest BCUT2D eigenvalue weighted by molar-refractivity contribution is 0.638. The molecule has 0 spiro atoms. The van der Waals surface area contributed by atoms with Crippen molar-refractivity contribution in [2.45, 2.75) is 12.3 Å². The van der Waals surface area contributed by atoms with Gasteiger partial charge in [0.25, 0.3) is 0 Å². The molecule has 0 saturated carbocycles. The highest BCUT2D eigenvalue weighted by molar-refractivity contribution is 6.14. The van der Waals surface area contributed by atoms with Crippen molar-refractivity contribution in [3.63, 3.8) is 0 Å². The van der Waals surface area contributed by atoms with E-state index in [4.69, 9.17) is 4.42 Å². The van der Waals surface area contributed by atoms with Crippen molar-refractivity contribution >= 4 is 49.8 Å². The van der Waals surface area contributed by atoms with Gasteiger partial charge < -0.3 is 9.32 Å². The highest BCUT2D eigenvalue weighted by Gasteiger charge is 2.42. The Bertz CT molecular complexity index is 3030. The van der Waals surface area contributed by atoms with Crippen LogP contribution < -0.4 is 4.90 Å². The summed E-state index contributed by atoms with van der Waals surface area (Å²) < 4.78 is 7.02. The maximum Gasteiger partial charge on any atom is 0.139 e. The summed E-state index contributed by atoms with van der Waals surface area (Å²) in [7, 11) is 0. The van der Waals surface area contributed by atoms with E-state index in [1.807, 2.05) is 0 Å². The van der Waals surface area contributed by atoms with Gasteiger partial charge in [-0.1, -0.05) is 170 Å². The van der Waals surface area contributed by atoms with Gasteiger partial charge in [0.2, 0.25) is 0 Å². The van der Waals surface area contributed by atoms with E-state index >= 15 is 0 Å². The summed E-state index contributed by atoms with van der Waals surface area (Å²) >= 11 is 0. The maximum absolute atomic E-state index is 7.02. The Morgan fingerprint density at radius 2 is 0.911 bits per heavy atom. The highest BCUT2D eigenvalue weighted by atomic mass is 16.3. The predicted molar refractivity (Wildman–Crippen MR) is 234 cm³/mol. The van der Waals surface area contributed by atoms with Gasteiger partial charge in [-0.05, 0) is 98.6 Å².